The van der Waals surface area contributed by atoms with Crippen molar-refractivity contribution in [2.24, 2.45) is 0 Å². The molecule has 142 valence electrons. The molecule has 0 aliphatic rings. The normalized spacial score (nSPS) is 12.8. The number of nitro groups is 1. The number of aryl methyl sites for hydroxylation is 2. The minimum Gasteiger partial charge on any atom is -0.467 e. The van der Waals surface area contributed by atoms with Gasteiger partial charge in [-0.3, -0.25) is 14.8 Å². The summed E-state index contributed by atoms with van der Waals surface area (Å²) in [6.07, 6.45) is 1.50. The predicted molar refractivity (Wildman–Crippen MR) is 96.8 cm³/mol. The topological polar surface area (TPSA) is 120 Å². The molecule has 0 amide bonds. The zero-order chi connectivity index (χ0) is 19.6. The smallest absolute Gasteiger partial charge is 0.270 e. The lowest BCUT2D eigenvalue weighted by Gasteiger charge is -2.18. The second kappa shape index (κ2) is 7.33. The molecular formula is C17H18N4O5S. The average molecular weight is 390 g/mol. The number of benzene rings is 1. The standard InChI is InChI=1S/C17H18N4O5S/c1-12-9-13(2)20(19-12)16(17-7-4-8-26-17)11-18-27(24,25)15-6-3-5-14(10-15)21(22)23/h3-10,16,18H,11H2,1-2H3. The van der Waals surface area contributed by atoms with E-state index in [0.717, 1.165) is 17.5 Å². The number of aromatic nitrogens is 2. The molecule has 1 unspecified atom stereocenters. The van der Waals surface area contributed by atoms with Crippen LogP contribution in [-0.4, -0.2) is 29.7 Å². The molecule has 3 rings (SSSR count). The molecule has 0 radical (unpaired) electrons. The lowest BCUT2D eigenvalue weighted by molar-refractivity contribution is -0.385. The summed E-state index contributed by atoms with van der Waals surface area (Å²) in [6.45, 7) is 3.68. The summed E-state index contributed by atoms with van der Waals surface area (Å²) >= 11 is 0. The van der Waals surface area contributed by atoms with Crippen LogP contribution in [0, 0.1) is 24.0 Å². The van der Waals surface area contributed by atoms with E-state index in [1.807, 2.05) is 19.9 Å². The molecule has 2 aromatic heterocycles. The molecule has 0 spiro atoms. The van der Waals surface area contributed by atoms with Crippen LogP contribution in [0.15, 0.2) is 58.0 Å². The number of nitrogens with zero attached hydrogens (tertiary/aromatic N) is 3. The van der Waals surface area contributed by atoms with Gasteiger partial charge in [0.15, 0.2) is 0 Å². The summed E-state index contributed by atoms with van der Waals surface area (Å²) in [6, 6.07) is 9.73. The number of hydrogen-bond acceptors (Lipinski definition) is 6. The number of rotatable bonds is 7. The third-order valence-electron chi connectivity index (χ3n) is 4.02. The average Bonchev–Trinajstić information content (AvgIpc) is 3.25. The van der Waals surface area contributed by atoms with Crippen molar-refractivity contribution in [3.8, 4) is 0 Å². The lowest BCUT2D eigenvalue weighted by Crippen LogP contribution is -2.32. The van der Waals surface area contributed by atoms with E-state index in [4.69, 9.17) is 4.42 Å². The fourth-order valence-electron chi connectivity index (χ4n) is 2.79. The van der Waals surface area contributed by atoms with Crippen LogP contribution < -0.4 is 4.72 Å². The zero-order valence-corrected chi connectivity index (χ0v) is 15.5. The number of hydrogen-bond donors (Lipinski definition) is 1. The molecule has 0 fully saturated rings. The summed E-state index contributed by atoms with van der Waals surface area (Å²) in [5.41, 5.74) is 1.35. The van der Waals surface area contributed by atoms with E-state index in [9.17, 15) is 18.5 Å². The number of furan rings is 1. The molecule has 0 saturated heterocycles. The molecule has 0 saturated carbocycles. The van der Waals surface area contributed by atoms with E-state index in [-0.39, 0.29) is 17.1 Å². The molecule has 0 aliphatic carbocycles. The maximum Gasteiger partial charge on any atom is 0.270 e. The first kappa shape index (κ1) is 18.8. The van der Waals surface area contributed by atoms with Crippen LogP contribution in [0.4, 0.5) is 5.69 Å². The quantitative estimate of drug-likeness (QED) is 0.489. The molecule has 9 nitrogen and oxygen atoms in total. The third kappa shape index (κ3) is 4.07. The molecule has 10 heteroatoms. The van der Waals surface area contributed by atoms with E-state index >= 15 is 0 Å². The van der Waals surface area contributed by atoms with Gasteiger partial charge in [0.2, 0.25) is 10.0 Å². The van der Waals surface area contributed by atoms with Gasteiger partial charge >= 0.3 is 0 Å². The van der Waals surface area contributed by atoms with E-state index in [1.165, 1.54) is 24.5 Å². The number of nitro benzene ring substituents is 1. The van der Waals surface area contributed by atoms with Gasteiger partial charge in [0.25, 0.3) is 5.69 Å². The monoisotopic (exact) mass is 390 g/mol. The van der Waals surface area contributed by atoms with Gasteiger partial charge in [-0.25, -0.2) is 13.1 Å². The van der Waals surface area contributed by atoms with Gasteiger partial charge in [-0.05, 0) is 38.1 Å². The summed E-state index contributed by atoms with van der Waals surface area (Å²) < 4.78 is 34.8. The van der Waals surface area contributed by atoms with Crippen LogP contribution >= 0.6 is 0 Å². The minimum atomic E-state index is -3.95. The number of nitrogens with one attached hydrogen (secondary N) is 1. The van der Waals surface area contributed by atoms with Crippen molar-refractivity contribution < 1.29 is 17.8 Å². The molecular weight excluding hydrogens is 372 g/mol. The highest BCUT2D eigenvalue weighted by Crippen LogP contribution is 2.22. The molecule has 1 N–H and O–H groups in total. The number of sulfonamides is 1. The highest BCUT2D eigenvalue weighted by Gasteiger charge is 2.24. The Morgan fingerprint density at radius 1 is 1.26 bits per heavy atom. The summed E-state index contributed by atoms with van der Waals surface area (Å²) in [4.78, 5) is 10.1. The van der Waals surface area contributed by atoms with Crippen LogP contribution in [-0.2, 0) is 10.0 Å². The maximum atomic E-state index is 12.6. The van der Waals surface area contributed by atoms with E-state index in [1.54, 1.807) is 16.8 Å². The Morgan fingerprint density at radius 3 is 2.63 bits per heavy atom. The zero-order valence-electron chi connectivity index (χ0n) is 14.7. The Bertz CT molecular complexity index is 1060. The van der Waals surface area contributed by atoms with Gasteiger partial charge in [0.1, 0.15) is 11.8 Å². The van der Waals surface area contributed by atoms with Crippen LogP contribution in [0.5, 0.6) is 0 Å². The van der Waals surface area contributed by atoms with Crippen molar-refractivity contribution in [3.63, 3.8) is 0 Å². The highest BCUT2D eigenvalue weighted by atomic mass is 32.2. The van der Waals surface area contributed by atoms with Crippen molar-refractivity contribution in [2.75, 3.05) is 6.54 Å². The van der Waals surface area contributed by atoms with E-state index in [2.05, 4.69) is 9.82 Å². The molecule has 0 bridgehead atoms. The predicted octanol–water partition coefficient (Wildman–Crippen LogP) is 2.57. The van der Waals surface area contributed by atoms with Crippen molar-refractivity contribution in [3.05, 3.63) is 76.0 Å². The molecule has 1 aromatic carbocycles. The molecule has 1 atom stereocenters. The molecule has 0 aliphatic heterocycles. The lowest BCUT2D eigenvalue weighted by atomic mass is 10.2. The SMILES string of the molecule is Cc1cc(C)n(C(CNS(=O)(=O)c2cccc([N+](=O)[O-])c2)c2ccco2)n1. The Balaban J connectivity index is 1.88. The Hall–Kier alpha value is -2.98. The van der Waals surface area contributed by atoms with Gasteiger partial charge < -0.3 is 4.42 Å². The number of non-ortho nitro benzene ring substituents is 1. The van der Waals surface area contributed by atoms with Crippen molar-refractivity contribution in [1.29, 1.82) is 0 Å². The third-order valence-corrected chi connectivity index (χ3v) is 5.44. The Kier molecular flexibility index (Phi) is 5.10. The largest absolute Gasteiger partial charge is 0.467 e. The molecule has 2 heterocycles. The van der Waals surface area contributed by atoms with E-state index < -0.39 is 21.0 Å². The van der Waals surface area contributed by atoms with Gasteiger partial charge in [-0.2, -0.15) is 5.10 Å². The first-order valence-electron chi connectivity index (χ1n) is 8.08. The fourth-order valence-corrected chi connectivity index (χ4v) is 3.86. The van der Waals surface area contributed by atoms with Gasteiger partial charge in [-0.1, -0.05) is 6.07 Å². The molecule has 3 aromatic rings. The summed E-state index contributed by atoms with van der Waals surface area (Å²) in [5, 5.41) is 15.3. The van der Waals surface area contributed by atoms with Gasteiger partial charge in [-0.15, -0.1) is 0 Å². The second-order valence-corrected chi connectivity index (χ2v) is 7.78. The van der Waals surface area contributed by atoms with Crippen LogP contribution in [0.2, 0.25) is 0 Å². The fraction of sp³-hybridized carbons (Fsp3) is 0.235. The first-order chi connectivity index (χ1) is 12.8. The Labute approximate surface area is 155 Å². The van der Waals surface area contributed by atoms with Gasteiger partial charge in [0.05, 0.1) is 21.8 Å². The summed E-state index contributed by atoms with van der Waals surface area (Å²) in [7, 11) is -3.95. The second-order valence-electron chi connectivity index (χ2n) is 6.01. The van der Waals surface area contributed by atoms with E-state index in [0.29, 0.717) is 5.76 Å². The minimum absolute atomic E-state index is 0.0273. The highest BCUT2D eigenvalue weighted by molar-refractivity contribution is 7.89. The first-order valence-corrected chi connectivity index (χ1v) is 9.56. The van der Waals surface area contributed by atoms with Crippen LogP contribution in [0.1, 0.15) is 23.2 Å². The van der Waals surface area contributed by atoms with Crippen LogP contribution in [0.3, 0.4) is 0 Å². The van der Waals surface area contributed by atoms with Gasteiger partial charge in [0, 0.05) is 24.4 Å². The summed E-state index contributed by atoms with van der Waals surface area (Å²) in [5.74, 6) is 0.544. The maximum absolute atomic E-state index is 12.6. The van der Waals surface area contributed by atoms with Crippen LogP contribution in [0.25, 0.3) is 0 Å². The van der Waals surface area contributed by atoms with Crippen molar-refractivity contribution >= 4 is 15.7 Å². The molecule has 27 heavy (non-hydrogen) atoms. The Morgan fingerprint density at radius 2 is 2.04 bits per heavy atom. The van der Waals surface area contributed by atoms with Crippen molar-refractivity contribution in [2.45, 2.75) is 24.8 Å². The van der Waals surface area contributed by atoms with Crippen molar-refractivity contribution in [1.82, 2.24) is 14.5 Å².